The van der Waals surface area contributed by atoms with E-state index in [4.69, 9.17) is 9.15 Å². The Kier molecular flexibility index (Phi) is 3.45. The summed E-state index contributed by atoms with van der Waals surface area (Å²) in [6.45, 7) is 8.22. The summed E-state index contributed by atoms with van der Waals surface area (Å²) in [6, 6.07) is 3.46. The van der Waals surface area contributed by atoms with E-state index >= 15 is 0 Å². The number of ether oxygens (including phenoxy) is 1. The lowest BCUT2D eigenvalue weighted by atomic mass is 9.96. The maximum absolute atomic E-state index is 12.0. The fourth-order valence-electron chi connectivity index (χ4n) is 2.19. The zero-order valence-electron chi connectivity index (χ0n) is 11.2. The fourth-order valence-corrected chi connectivity index (χ4v) is 2.19. The van der Waals surface area contributed by atoms with Crippen LogP contribution in [0.1, 0.15) is 38.2 Å². The number of furan rings is 1. The van der Waals surface area contributed by atoms with Gasteiger partial charge in [-0.2, -0.15) is 0 Å². The highest BCUT2D eigenvalue weighted by Crippen LogP contribution is 2.20. The standard InChI is InChI=1S/C14H19NO3/c1-8(2)13(9(3)4)18-14(16)11-7-12-10(15-11)5-6-17-12/h5-9,13,15H,1-4H3. The summed E-state index contributed by atoms with van der Waals surface area (Å²) in [5.74, 6) is 0.271. The quantitative estimate of drug-likeness (QED) is 0.842. The van der Waals surface area contributed by atoms with E-state index in [9.17, 15) is 4.79 Å². The molecule has 2 rings (SSSR count). The third kappa shape index (κ3) is 2.42. The molecule has 98 valence electrons. The number of nitrogens with one attached hydrogen (secondary N) is 1. The molecule has 0 fully saturated rings. The minimum Gasteiger partial charge on any atom is -0.463 e. The van der Waals surface area contributed by atoms with E-state index in [1.807, 2.05) is 0 Å². The van der Waals surface area contributed by atoms with Crippen LogP contribution in [0.25, 0.3) is 11.1 Å². The molecule has 0 radical (unpaired) electrons. The van der Waals surface area contributed by atoms with Crippen LogP contribution in [0.5, 0.6) is 0 Å². The third-order valence-corrected chi connectivity index (χ3v) is 3.02. The number of rotatable bonds is 4. The molecule has 0 spiro atoms. The number of hydrogen-bond donors (Lipinski definition) is 1. The summed E-state index contributed by atoms with van der Waals surface area (Å²) in [5.41, 5.74) is 1.93. The molecule has 0 amide bonds. The lowest BCUT2D eigenvalue weighted by Gasteiger charge is -2.24. The van der Waals surface area contributed by atoms with Crippen LogP contribution in [0, 0.1) is 11.8 Å². The van der Waals surface area contributed by atoms with Gasteiger partial charge in [-0.05, 0) is 11.8 Å². The normalized spacial score (nSPS) is 11.9. The van der Waals surface area contributed by atoms with Gasteiger partial charge in [0.15, 0.2) is 5.58 Å². The molecule has 0 aliphatic rings. The van der Waals surface area contributed by atoms with Crippen LogP contribution in [0.15, 0.2) is 22.8 Å². The maximum Gasteiger partial charge on any atom is 0.355 e. The summed E-state index contributed by atoms with van der Waals surface area (Å²) in [6.07, 6.45) is 1.51. The molecule has 2 aromatic heterocycles. The molecular formula is C14H19NO3. The summed E-state index contributed by atoms with van der Waals surface area (Å²) in [4.78, 5) is 15.0. The molecule has 0 saturated carbocycles. The summed E-state index contributed by atoms with van der Waals surface area (Å²) in [5, 5.41) is 0. The largest absolute Gasteiger partial charge is 0.463 e. The van der Waals surface area contributed by atoms with E-state index in [0.717, 1.165) is 5.52 Å². The van der Waals surface area contributed by atoms with Gasteiger partial charge in [0.1, 0.15) is 11.8 Å². The van der Waals surface area contributed by atoms with E-state index in [2.05, 4.69) is 32.7 Å². The number of hydrogen-bond acceptors (Lipinski definition) is 3. The highest BCUT2D eigenvalue weighted by Gasteiger charge is 2.23. The average Bonchev–Trinajstić information content (AvgIpc) is 2.84. The molecule has 4 heteroatoms. The van der Waals surface area contributed by atoms with Crippen molar-refractivity contribution < 1.29 is 13.9 Å². The van der Waals surface area contributed by atoms with E-state index in [1.165, 1.54) is 0 Å². The summed E-state index contributed by atoms with van der Waals surface area (Å²) < 4.78 is 10.8. The topological polar surface area (TPSA) is 55.2 Å². The van der Waals surface area contributed by atoms with Crippen molar-refractivity contribution in [2.24, 2.45) is 11.8 Å². The predicted octanol–water partition coefficient (Wildman–Crippen LogP) is 3.60. The van der Waals surface area contributed by atoms with Gasteiger partial charge in [-0.15, -0.1) is 0 Å². The van der Waals surface area contributed by atoms with Gasteiger partial charge in [-0.3, -0.25) is 0 Å². The number of H-pyrrole nitrogens is 1. The average molecular weight is 249 g/mol. The third-order valence-electron chi connectivity index (χ3n) is 3.02. The molecule has 0 aromatic carbocycles. The predicted molar refractivity (Wildman–Crippen MR) is 69.4 cm³/mol. The Hall–Kier alpha value is -1.71. The van der Waals surface area contributed by atoms with Gasteiger partial charge < -0.3 is 14.1 Å². The van der Waals surface area contributed by atoms with E-state index < -0.39 is 0 Å². The molecule has 0 bridgehead atoms. The van der Waals surface area contributed by atoms with Crippen LogP contribution in [0.2, 0.25) is 0 Å². The van der Waals surface area contributed by atoms with Crippen LogP contribution in [-0.4, -0.2) is 17.1 Å². The molecule has 18 heavy (non-hydrogen) atoms. The van der Waals surface area contributed by atoms with Gasteiger partial charge in [0.05, 0.1) is 11.8 Å². The first kappa shape index (κ1) is 12.7. The highest BCUT2D eigenvalue weighted by atomic mass is 16.5. The van der Waals surface area contributed by atoms with Crippen molar-refractivity contribution in [3.8, 4) is 0 Å². The Bertz CT molecular complexity index is 499. The molecule has 0 aliphatic heterocycles. The fraction of sp³-hybridized carbons (Fsp3) is 0.500. The Balaban J connectivity index is 2.14. The maximum atomic E-state index is 12.0. The van der Waals surface area contributed by atoms with Crippen molar-refractivity contribution in [3.05, 3.63) is 24.1 Å². The minimum absolute atomic E-state index is 0.0768. The van der Waals surface area contributed by atoms with E-state index in [0.29, 0.717) is 23.1 Å². The first-order valence-electron chi connectivity index (χ1n) is 6.26. The monoisotopic (exact) mass is 249 g/mol. The zero-order valence-corrected chi connectivity index (χ0v) is 11.2. The molecular weight excluding hydrogens is 230 g/mol. The van der Waals surface area contributed by atoms with Gasteiger partial charge in [0.25, 0.3) is 0 Å². The van der Waals surface area contributed by atoms with Gasteiger partial charge >= 0.3 is 5.97 Å². The van der Waals surface area contributed by atoms with Crippen molar-refractivity contribution >= 4 is 17.1 Å². The number of esters is 1. The molecule has 0 atom stereocenters. The number of aromatic nitrogens is 1. The lowest BCUT2D eigenvalue weighted by Crippen LogP contribution is -2.28. The molecule has 2 aromatic rings. The zero-order chi connectivity index (χ0) is 13.3. The first-order valence-corrected chi connectivity index (χ1v) is 6.26. The van der Waals surface area contributed by atoms with E-state index in [-0.39, 0.29) is 12.1 Å². The van der Waals surface area contributed by atoms with Gasteiger partial charge in [0, 0.05) is 12.1 Å². The Labute approximate surface area is 106 Å². The van der Waals surface area contributed by atoms with Gasteiger partial charge in [-0.1, -0.05) is 27.7 Å². The number of carbonyl (C=O) groups excluding carboxylic acids is 1. The molecule has 0 unspecified atom stereocenters. The minimum atomic E-state index is -0.325. The second-order valence-electron chi connectivity index (χ2n) is 5.24. The van der Waals surface area contributed by atoms with Crippen molar-refractivity contribution in [1.82, 2.24) is 4.98 Å². The smallest absolute Gasteiger partial charge is 0.355 e. The molecule has 0 saturated heterocycles. The van der Waals surface area contributed by atoms with Crippen LogP contribution in [0.4, 0.5) is 0 Å². The molecule has 0 aliphatic carbocycles. The Morgan fingerprint density at radius 2 is 1.94 bits per heavy atom. The first-order chi connectivity index (χ1) is 8.49. The number of aromatic amines is 1. The number of fused-ring (bicyclic) bond motifs is 1. The molecule has 4 nitrogen and oxygen atoms in total. The Morgan fingerprint density at radius 1 is 1.28 bits per heavy atom. The van der Waals surface area contributed by atoms with Crippen molar-refractivity contribution in [3.63, 3.8) is 0 Å². The van der Waals surface area contributed by atoms with E-state index in [1.54, 1.807) is 18.4 Å². The molecule has 2 heterocycles. The van der Waals surface area contributed by atoms with Crippen LogP contribution in [-0.2, 0) is 4.74 Å². The van der Waals surface area contributed by atoms with Crippen molar-refractivity contribution in [2.45, 2.75) is 33.8 Å². The van der Waals surface area contributed by atoms with Gasteiger partial charge in [0.2, 0.25) is 0 Å². The SMILES string of the molecule is CC(C)C(OC(=O)c1cc2occc2[nH]1)C(C)C. The van der Waals surface area contributed by atoms with Crippen LogP contribution >= 0.6 is 0 Å². The second kappa shape index (κ2) is 4.88. The van der Waals surface area contributed by atoms with Crippen LogP contribution < -0.4 is 0 Å². The highest BCUT2D eigenvalue weighted by molar-refractivity contribution is 5.93. The summed E-state index contributed by atoms with van der Waals surface area (Å²) in [7, 11) is 0. The van der Waals surface area contributed by atoms with Gasteiger partial charge in [-0.25, -0.2) is 4.79 Å². The number of carbonyl (C=O) groups is 1. The van der Waals surface area contributed by atoms with Crippen molar-refractivity contribution in [2.75, 3.05) is 0 Å². The Morgan fingerprint density at radius 3 is 2.50 bits per heavy atom. The van der Waals surface area contributed by atoms with Crippen LogP contribution in [0.3, 0.4) is 0 Å². The molecule has 1 N–H and O–H groups in total. The second-order valence-corrected chi connectivity index (χ2v) is 5.24. The lowest BCUT2D eigenvalue weighted by molar-refractivity contribution is 0.00271. The van der Waals surface area contributed by atoms with Crippen molar-refractivity contribution in [1.29, 1.82) is 0 Å². The summed E-state index contributed by atoms with van der Waals surface area (Å²) >= 11 is 0.